The molecule has 36 heavy (non-hydrogen) atoms. The van der Waals surface area contributed by atoms with Crippen LogP contribution in [0.4, 0.5) is 23.0 Å². The highest BCUT2D eigenvalue weighted by molar-refractivity contribution is 6.00. The first-order valence-corrected chi connectivity index (χ1v) is 11.7. The molecule has 4 rings (SSSR count). The van der Waals surface area contributed by atoms with E-state index in [9.17, 15) is 4.79 Å². The van der Waals surface area contributed by atoms with Gasteiger partial charge in [0.25, 0.3) is 0 Å². The van der Waals surface area contributed by atoms with Crippen LogP contribution in [0.1, 0.15) is 47.0 Å². The van der Waals surface area contributed by atoms with Crippen LogP contribution < -0.4 is 16.0 Å². The molecule has 9 heteroatoms. The molecular weight excluding hydrogens is 454 g/mol. The van der Waals surface area contributed by atoms with Crippen molar-refractivity contribution in [3.63, 3.8) is 0 Å². The van der Waals surface area contributed by atoms with Crippen LogP contribution in [-0.2, 0) is 11.8 Å². The van der Waals surface area contributed by atoms with Gasteiger partial charge in [-0.3, -0.25) is 0 Å². The van der Waals surface area contributed by atoms with Gasteiger partial charge in [0.05, 0.1) is 29.7 Å². The molecule has 0 saturated heterocycles. The van der Waals surface area contributed by atoms with E-state index < -0.39 is 0 Å². The molecule has 0 aliphatic heterocycles. The maximum absolute atomic E-state index is 12.0. The smallest absolute Gasteiger partial charge is 0.337 e. The minimum absolute atomic E-state index is 0. The molecule has 0 amide bonds. The van der Waals surface area contributed by atoms with Gasteiger partial charge in [-0.15, -0.1) is 0 Å². The van der Waals surface area contributed by atoms with Gasteiger partial charge in [0.2, 0.25) is 5.95 Å². The number of esters is 1. The average molecular weight is 552 g/mol. The van der Waals surface area contributed by atoms with Crippen molar-refractivity contribution in [1.82, 2.24) is 19.4 Å². The van der Waals surface area contributed by atoms with Gasteiger partial charge in [-0.05, 0) is 56.9 Å². The first-order valence-electron chi connectivity index (χ1n) is 21.7. The summed E-state index contributed by atoms with van der Waals surface area (Å²) < 4.78 is 107. The number of carbonyl (C=O) groups is 1. The lowest BCUT2D eigenvalue weighted by molar-refractivity contribution is 0.0601. The van der Waals surface area contributed by atoms with Gasteiger partial charge in [0.15, 0.2) is 0 Å². The summed E-state index contributed by atoms with van der Waals surface area (Å²) in [6.45, 7) is 3.85. The predicted molar refractivity (Wildman–Crippen MR) is 169 cm³/mol. The fraction of sp³-hybridized carbons (Fsp3) is 0.296. The van der Waals surface area contributed by atoms with Crippen molar-refractivity contribution in [2.24, 2.45) is 7.05 Å². The Morgan fingerprint density at radius 1 is 1.19 bits per heavy atom. The lowest BCUT2D eigenvalue weighted by Crippen LogP contribution is -2.29. The first-order chi connectivity index (χ1) is 27.2. The average Bonchev–Trinajstić information content (AvgIpc) is 3.63. The summed E-state index contributed by atoms with van der Waals surface area (Å²) in [7, 11) is 9.48. The van der Waals surface area contributed by atoms with E-state index in [0.29, 0.717) is 17.2 Å². The van der Waals surface area contributed by atoms with Crippen LogP contribution in [-0.4, -0.2) is 66.7 Å². The summed E-state index contributed by atoms with van der Waals surface area (Å²) in [6, 6.07) is 11.4. The Morgan fingerprint density at radius 3 is 2.69 bits per heavy atom. The second-order valence-corrected chi connectivity index (χ2v) is 9.22. The molecule has 0 atom stereocenters. The van der Waals surface area contributed by atoms with Gasteiger partial charge >= 0.3 is 5.97 Å². The normalized spacial score (nSPS) is 13.4. The van der Waals surface area contributed by atoms with Crippen LogP contribution in [0.25, 0.3) is 22.2 Å². The zero-order valence-electron chi connectivity index (χ0n) is 41.7. The molecule has 0 saturated carbocycles. The van der Waals surface area contributed by atoms with Crippen molar-refractivity contribution < 1.29 is 40.7 Å². The fourth-order valence-corrected chi connectivity index (χ4v) is 4.17. The third-order valence-corrected chi connectivity index (χ3v) is 6.26. The number of fused-ring (bicyclic) bond motifs is 1. The number of benzene rings is 2. The molecule has 2 aromatic heterocycles. The molecule has 2 heterocycles. The molecule has 0 fully saturated rings. The van der Waals surface area contributed by atoms with E-state index in [1.165, 1.54) is 7.11 Å². The SMILES string of the molecule is COC(=O)c1ccc2c(-c3ccnc(Nc4cc(N)c(N(C)CCN(C)C)cc4C)n3)cn(C)c2c1.[3HH].[3H][3H].[3H][3H].[3H][3H].[3H][3H].[3H][3H].[3H][3H].[3H][3H].[3H][3H].[3H][3H].[3H][3H]. The van der Waals surface area contributed by atoms with Crippen LogP contribution in [0, 0.1) is 6.92 Å². The third kappa shape index (κ3) is 5.11. The molecular formula is C27H55N7O2. The van der Waals surface area contributed by atoms with E-state index in [1.807, 2.05) is 56.0 Å². The lowest BCUT2D eigenvalue weighted by atomic mass is 10.1. The van der Waals surface area contributed by atoms with Gasteiger partial charge in [-0.25, -0.2) is 14.8 Å². The number of carbonyl (C=O) groups excluding carboxylic acids is 1. The minimum Gasteiger partial charge on any atom is -0.465 e. The summed E-state index contributed by atoms with van der Waals surface area (Å²) in [5, 5.41) is 4.32. The number of hydrogen-bond acceptors (Lipinski definition) is 8. The molecule has 0 aliphatic rings. The molecule has 4 aromatic rings. The Labute approximate surface area is 243 Å². The summed E-state index contributed by atoms with van der Waals surface area (Å²) in [5.41, 5.74) is 13.1. The number of ether oxygens (including phenoxy) is 1. The van der Waals surface area contributed by atoms with Crippen molar-refractivity contribution >= 4 is 39.9 Å². The summed E-state index contributed by atoms with van der Waals surface area (Å²) in [6.07, 6.45) is 3.73. The van der Waals surface area contributed by atoms with E-state index in [2.05, 4.69) is 40.3 Å². The van der Waals surface area contributed by atoms with E-state index in [-0.39, 0.29) is 7.40 Å². The number of rotatable bonds is 8. The minimum atomic E-state index is -0.363. The van der Waals surface area contributed by atoms with Crippen molar-refractivity contribution in [1.29, 1.82) is 0 Å². The topological polar surface area (TPSA) is 102 Å². The van der Waals surface area contributed by atoms with E-state index in [0.717, 1.165) is 52.2 Å². The van der Waals surface area contributed by atoms with E-state index >= 15 is 0 Å². The summed E-state index contributed by atoms with van der Waals surface area (Å²) >= 11 is 0. The predicted octanol–water partition coefficient (Wildman–Crippen LogP) is 6.76. The number of hydrogen-bond donors (Lipinski definition) is 2. The largest absolute Gasteiger partial charge is 0.465 e. The molecule has 9 nitrogen and oxygen atoms in total. The summed E-state index contributed by atoms with van der Waals surface area (Å²) in [5.74, 6) is 0.115. The number of nitrogens with one attached hydrogen (secondary N) is 1. The number of nitrogens with two attached hydrogens (primary N) is 1. The number of aryl methyl sites for hydroxylation is 2. The zero-order valence-corrected chi connectivity index (χ0v) is 21.7. The van der Waals surface area contributed by atoms with E-state index in [4.69, 9.17) is 45.2 Å². The van der Waals surface area contributed by atoms with Crippen molar-refractivity contribution in [2.75, 3.05) is 57.3 Å². The molecule has 0 aliphatic carbocycles. The van der Waals surface area contributed by atoms with Gasteiger partial charge in [-0.1, -0.05) is 6.07 Å². The van der Waals surface area contributed by atoms with Crippen LogP contribution >= 0.6 is 0 Å². The van der Waals surface area contributed by atoms with Crippen LogP contribution in [0.15, 0.2) is 48.8 Å². The molecule has 3 N–H and O–H groups in total. The Kier molecular flexibility index (Phi) is 4.30. The number of nitrogen functional groups attached to an aromatic ring is 1. The molecule has 0 spiro atoms. The molecule has 0 bridgehead atoms. The zero-order chi connectivity index (χ0) is 46.0. The summed E-state index contributed by atoms with van der Waals surface area (Å²) in [4.78, 5) is 25.5. The standard InChI is InChI=1S/C27H33N7O2.11H2/c1-17-13-25(33(4)12-11-32(2)3)21(28)15-23(17)31-27-29-10-9-22(30-27)20-16-34(5)24-14-18(26(35)36-6)7-8-19(20)24;;;;;;;;;;;/h7-10,13-16H,11-12,28H2,1-6H3,(H,29,30,31);11*1H/i;10*1+2T;1+2. The Balaban J connectivity index is -0.000000167. The molecule has 0 unspecified atom stereocenters. The van der Waals surface area contributed by atoms with Crippen LogP contribution in [0.2, 0.25) is 0 Å². The second kappa shape index (κ2) is 10.2. The second-order valence-electron chi connectivity index (χ2n) is 9.22. The van der Waals surface area contributed by atoms with Crippen LogP contribution in [0.3, 0.4) is 0 Å². The highest BCUT2D eigenvalue weighted by atomic mass is 16.5. The van der Waals surface area contributed by atoms with Gasteiger partial charge < -0.3 is 30.2 Å². The molecule has 2 aromatic carbocycles. The quantitative estimate of drug-likeness (QED) is 0.183. The molecule has 210 valence electrons. The Bertz CT molecular complexity index is 1470. The highest BCUT2D eigenvalue weighted by Gasteiger charge is 2.15. The van der Waals surface area contributed by atoms with Crippen LogP contribution in [0.5, 0.6) is 0 Å². The fourth-order valence-electron chi connectivity index (χ4n) is 4.17. The Morgan fingerprint density at radius 2 is 1.97 bits per heavy atom. The van der Waals surface area contributed by atoms with Gasteiger partial charge in [-0.2, -0.15) is 0 Å². The monoisotopic (exact) mass is 552 g/mol. The van der Waals surface area contributed by atoms with Crippen molar-refractivity contribution in [2.45, 2.75) is 6.92 Å². The maximum atomic E-state index is 12.0. The number of nitrogens with zero attached hydrogens (tertiary/aromatic N) is 5. The number of methoxy groups -OCH3 is 1. The highest BCUT2D eigenvalue weighted by Crippen LogP contribution is 2.33. The van der Waals surface area contributed by atoms with E-state index in [1.54, 1.807) is 12.3 Å². The van der Waals surface area contributed by atoms with Gasteiger partial charge in [0, 0.05) is 92.9 Å². The van der Waals surface area contributed by atoms with Crippen molar-refractivity contribution in [3.8, 4) is 11.3 Å². The number of aromatic nitrogens is 3. The number of likely N-dealkylation sites (N-methyl/N-ethyl adjacent to an activating group) is 2. The van der Waals surface area contributed by atoms with Crippen molar-refractivity contribution in [3.05, 3.63) is 59.9 Å². The lowest BCUT2D eigenvalue weighted by Gasteiger charge is -2.24. The third-order valence-electron chi connectivity index (χ3n) is 6.26. The Hall–Kier alpha value is -4.11. The number of anilines is 4. The van der Waals surface area contributed by atoms with Gasteiger partial charge in [0.1, 0.15) is 0 Å². The maximum Gasteiger partial charge on any atom is 0.337 e. The first kappa shape index (κ1) is 15.1. The molecule has 0 radical (unpaired) electrons.